The van der Waals surface area contributed by atoms with Gasteiger partial charge in [-0.25, -0.2) is 0 Å². The first-order valence-electron chi connectivity index (χ1n) is 2.95. The molecule has 1 aliphatic heterocycles. The molecule has 1 nitrogen and oxygen atoms in total. The summed E-state index contributed by atoms with van der Waals surface area (Å²) in [6.45, 7) is 0. The minimum atomic E-state index is 1.19. The van der Waals surface area contributed by atoms with E-state index < -0.39 is 0 Å². The fourth-order valence-electron chi connectivity index (χ4n) is 0.956. The third kappa shape index (κ3) is 0.833. The average molecular weight is 136 g/mol. The van der Waals surface area contributed by atoms with Gasteiger partial charge in [0.05, 0.1) is 0 Å². The van der Waals surface area contributed by atoms with Crippen LogP contribution in [0.5, 0.6) is 0 Å². The number of hydrogen-bond donors (Lipinski definition) is 0. The smallest absolute Gasteiger partial charge is 0.104 e. The first kappa shape index (κ1) is 5.30. The molecule has 0 aromatic carbocycles. The molecule has 0 amide bonds. The Labute approximate surface area is 58.5 Å². The second-order valence-electron chi connectivity index (χ2n) is 2.01. The summed E-state index contributed by atoms with van der Waals surface area (Å²) in [4.78, 5) is 5.16. The lowest BCUT2D eigenvalue weighted by Crippen LogP contribution is -1.79. The van der Waals surface area contributed by atoms with E-state index >= 15 is 0 Å². The summed E-state index contributed by atoms with van der Waals surface area (Å²) in [5, 5.41) is 0. The molecule has 0 bridgehead atoms. The Kier molecular flexibility index (Phi) is 1.19. The molecule has 0 saturated carbocycles. The maximum absolute atomic E-state index is 3.91. The molecule has 2 rings (SSSR count). The van der Waals surface area contributed by atoms with Crippen molar-refractivity contribution in [3.05, 3.63) is 24.0 Å². The lowest BCUT2D eigenvalue weighted by molar-refractivity contribution is 1.10. The topological polar surface area (TPSA) is 12.9 Å². The van der Waals surface area contributed by atoms with Crippen LogP contribution < -0.4 is 0 Å². The minimum Gasteiger partial charge on any atom is -0.253 e. The van der Waals surface area contributed by atoms with Gasteiger partial charge in [-0.05, 0) is 18.1 Å². The van der Waals surface area contributed by atoms with Gasteiger partial charge in [-0.3, -0.25) is 4.98 Å². The fraction of sp³-hybridized carbons (Fsp3) is 0.286. The molecule has 1 radical (unpaired) electrons. The van der Waals surface area contributed by atoms with E-state index in [1.165, 1.54) is 22.6 Å². The maximum atomic E-state index is 3.91. The van der Waals surface area contributed by atoms with Gasteiger partial charge in [0.1, 0.15) is 6.20 Å². The van der Waals surface area contributed by atoms with Crippen LogP contribution in [0, 0.1) is 6.20 Å². The Balaban J connectivity index is 2.54. The minimum absolute atomic E-state index is 1.19. The van der Waals surface area contributed by atoms with Crippen LogP contribution in [-0.2, 0) is 6.42 Å². The molecule has 0 fully saturated rings. The molecule has 0 spiro atoms. The Morgan fingerprint density at radius 2 is 2.67 bits per heavy atom. The number of thioether (sulfide) groups is 1. The first-order chi connectivity index (χ1) is 4.47. The van der Waals surface area contributed by atoms with Crippen LogP contribution in [0.2, 0.25) is 0 Å². The normalized spacial score (nSPS) is 15.6. The zero-order valence-corrected chi connectivity index (χ0v) is 5.74. The lowest BCUT2D eigenvalue weighted by Gasteiger charge is -1.90. The highest BCUT2D eigenvalue weighted by atomic mass is 32.2. The van der Waals surface area contributed by atoms with Crippen LogP contribution >= 0.6 is 11.8 Å². The number of fused-ring (bicyclic) bond motifs is 1. The number of hydrogen-bond acceptors (Lipinski definition) is 2. The van der Waals surface area contributed by atoms with Gasteiger partial charge in [0.15, 0.2) is 0 Å². The SMILES string of the molecule is [c]1nccc2c1SCC2. The van der Waals surface area contributed by atoms with Crippen molar-refractivity contribution in [1.82, 2.24) is 4.98 Å². The van der Waals surface area contributed by atoms with E-state index in [1.807, 2.05) is 18.0 Å². The van der Waals surface area contributed by atoms with Crippen LogP contribution in [0.25, 0.3) is 0 Å². The highest BCUT2D eigenvalue weighted by Gasteiger charge is 2.09. The van der Waals surface area contributed by atoms with Gasteiger partial charge in [0.25, 0.3) is 0 Å². The Hall–Kier alpha value is -0.500. The molecule has 0 N–H and O–H groups in total. The number of pyridine rings is 1. The summed E-state index contributed by atoms with van der Waals surface area (Å²) in [5.74, 6) is 1.21. The van der Waals surface area contributed by atoms with Gasteiger partial charge in [-0.1, -0.05) is 0 Å². The molecule has 1 aromatic heterocycles. The molecule has 1 aromatic rings. The Morgan fingerprint density at radius 1 is 1.67 bits per heavy atom. The van der Waals surface area contributed by atoms with E-state index in [0.717, 1.165) is 0 Å². The standard InChI is InChI=1S/C7H6NS/c1-3-8-5-7-6(1)2-4-9-7/h1,3H,2,4H2. The van der Waals surface area contributed by atoms with E-state index in [9.17, 15) is 0 Å². The second kappa shape index (κ2) is 2.03. The highest BCUT2D eigenvalue weighted by molar-refractivity contribution is 7.99. The molecule has 45 valence electrons. The number of nitrogens with zero attached hydrogens (tertiary/aromatic N) is 1. The summed E-state index contributed by atoms with van der Waals surface area (Å²) >= 11 is 1.85. The molecule has 2 heterocycles. The van der Waals surface area contributed by atoms with Crippen LogP contribution in [0.3, 0.4) is 0 Å². The van der Waals surface area contributed by atoms with Crippen molar-refractivity contribution in [1.29, 1.82) is 0 Å². The van der Waals surface area contributed by atoms with Crippen molar-refractivity contribution in [3.8, 4) is 0 Å². The number of aryl methyl sites for hydroxylation is 1. The molecule has 9 heavy (non-hydrogen) atoms. The quantitative estimate of drug-likeness (QED) is 0.536. The predicted octanol–water partition coefficient (Wildman–Crippen LogP) is 1.53. The van der Waals surface area contributed by atoms with Crippen LogP contribution in [0.4, 0.5) is 0 Å². The van der Waals surface area contributed by atoms with E-state index in [2.05, 4.69) is 17.2 Å². The Morgan fingerprint density at radius 3 is 3.56 bits per heavy atom. The molecule has 1 aliphatic rings. The van der Waals surface area contributed by atoms with Crippen LogP contribution in [0.15, 0.2) is 17.2 Å². The van der Waals surface area contributed by atoms with Crippen molar-refractivity contribution in [2.75, 3.05) is 5.75 Å². The third-order valence-corrected chi connectivity index (χ3v) is 2.48. The number of aromatic nitrogens is 1. The largest absolute Gasteiger partial charge is 0.253 e. The summed E-state index contributed by atoms with van der Waals surface area (Å²) in [5.41, 5.74) is 1.41. The summed E-state index contributed by atoms with van der Waals surface area (Å²) in [7, 11) is 0. The zero-order chi connectivity index (χ0) is 6.10. The van der Waals surface area contributed by atoms with Crippen molar-refractivity contribution >= 4 is 11.8 Å². The third-order valence-electron chi connectivity index (χ3n) is 1.43. The predicted molar refractivity (Wildman–Crippen MR) is 37.5 cm³/mol. The number of rotatable bonds is 0. The molecular formula is C7H6NS. The van der Waals surface area contributed by atoms with Crippen molar-refractivity contribution in [2.24, 2.45) is 0 Å². The van der Waals surface area contributed by atoms with Crippen LogP contribution in [-0.4, -0.2) is 10.7 Å². The molecule has 0 unspecified atom stereocenters. The second-order valence-corrected chi connectivity index (χ2v) is 3.11. The van der Waals surface area contributed by atoms with E-state index in [-0.39, 0.29) is 0 Å². The first-order valence-corrected chi connectivity index (χ1v) is 3.94. The zero-order valence-electron chi connectivity index (χ0n) is 4.92. The van der Waals surface area contributed by atoms with E-state index in [4.69, 9.17) is 0 Å². The molecular weight excluding hydrogens is 130 g/mol. The highest BCUT2D eigenvalue weighted by Crippen LogP contribution is 2.28. The average Bonchev–Trinajstić information content (AvgIpc) is 2.33. The van der Waals surface area contributed by atoms with Gasteiger partial charge in [-0.2, -0.15) is 0 Å². The van der Waals surface area contributed by atoms with Crippen molar-refractivity contribution in [3.63, 3.8) is 0 Å². The molecule has 0 saturated heterocycles. The lowest BCUT2D eigenvalue weighted by atomic mass is 10.2. The van der Waals surface area contributed by atoms with Gasteiger partial charge in [-0.15, -0.1) is 11.8 Å². The molecule has 0 atom stereocenters. The van der Waals surface area contributed by atoms with Gasteiger partial charge < -0.3 is 0 Å². The summed E-state index contributed by atoms with van der Waals surface area (Å²) in [6.07, 6.45) is 5.97. The van der Waals surface area contributed by atoms with Gasteiger partial charge in [0, 0.05) is 16.8 Å². The van der Waals surface area contributed by atoms with E-state index in [0.29, 0.717) is 0 Å². The van der Waals surface area contributed by atoms with Crippen molar-refractivity contribution < 1.29 is 0 Å². The van der Waals surface area contributed by atoms with Gasteiger partial charge >= 0.3 is 0 Å². The summed E-state index contributed by atoms with van der Waals surface area (Å²) < 4.78 is 0. The maximum Gasteiger partial charge on any atom is 0.104 e. The monoisotopic (exact) mass is 136 g/mol. The molecule has 0 aliphatic carbocycles. The van der Waals surface area contributed by atoms with Crippen molar-refractivity contribution in [2.45, 2.75) is 11.3 Å². The Bertz CT molecular complexity index is 199. The molecule has 2 heteroatoms. The van der Waals surface area contributed by atoms with E-state index in [1.54, 1.807) is 0 Å². The fourth-order valence-corrected chi connectivity index (χ4v) is 1.95. The van der Waals surface area contributed by atoms with Crippen LogP contribution in [0.1, 0.15) is 5.56 Å². The van der Waals surface area contributed by atoms with Gasteiger partial charge in [0.2, 0.25) is 0 Å². The summed E-state index contributed by atoms with van der Waals surface area (Å²) in [6, 6.07) is 2.08.